The second-order valence-corrected chi connectivity index (χ2v) is 5.08. The van der Waals surface area contributed by atoms with Gasteiger partial charge in [0.2, 0.25) is 0 Å². The third-order valence-corrected chi connectivity index (χ3v) is 3.12. The van der Waals surface area contributed by atoms with Crippen LogP contribution in [-0.4, -0.2) is 49.7 Å². The largest absolute Gasteiger partial charge is 0.395 e. The van der Waals surface area contributed by atoms with Gasteiger partial charge >= 0.3 is 0 Å². The Hall–Kier alpha value is -1.35. The summed E-state index contributed by atoms with van der Waals surface area (Å²) in [7, 11) is 3.93. The van der Waals surface area contributed by atoms with Crippen LogP contribution in [0.5, 0.6) is 0 Å². The fraction of sp³-hybridized carbons (Fsp3) is 0.462. The Morgan fingerprint density at radius 3 is 2.94 bits per heavy atom. The summed E-state index contributed by atoms with van der Waals surface area (Å²) >= 11 is 1.37. The molecule has 1 aromatic heterocycles. The number of hydrogen-bond acceptors (Lipinski definition) is 4. The van der Waals surface area contributed by atoms with Gasteiger partial charge in [-0.2, -0.15) is 0 Å². The van der Waals surface area contributed by atoms with Gasteiger partial charge in [0.25, 0.3) is 5.91 Å². The van der Waals surface area contributed by atoms with Crippen LogP contribution in [0.1, 0.15) is 21.0 Å². The standard InChI is InChI=1S/C13H18N2O2S/c1-15(2)9-8-14-13(17)12-7-6-11(18-12)5-3-4-10-16/h6-7,16H,4,8-10H2,1-2H3,(H,14,17). The molecule has 0 fully saturated rings. The van der Waals surface area contributed by atoms with Crippen molar-refractivity contribution < 1.29 is 9.90 Å². The van der Waals surface area contributed by atoms with Gasteiger partial charge in [-0.3, -0.25) is 4.79 Å². The number of likely N-dealkylation sites (N-methyl/N-ethyl adjacent to an activating group) is 1. The minimum absolute atomic E-state index is 0.0583. The molecule has 0 radical (unpaired) electrons. The summed E-state index contributed by atoms with van der Waals surface area (Å²) in [5.74, 6) is 5.69. The zero-order chi connectivity index (χ0) is 13.4. The molecule has 0 spiro atoms. The predicted molar refractivity (Wildman–Crippen MR) is 73.8 cm³/mol. The monoisotopic (exact) mass is 266 g/mol. The Labute approximate surface area is 112 Å². The molecule has 98 valence electrons. The Morgan fingerprint density at radius 1 is 1.50 bits per heavy atom. The number of nitrogens with one attached hydrogen (secondary N) is 1. The number of carbonyl (C=O) groups is 1. The van der Waals surface area contributed by atoms with E-state index in [0.717, 1.165) is 11.4 Å². The van der Waals surface area contributed by atoms with Gasteiger partial charge < -0.3 is 15.3 Å². The first-order chi connectivity index (χ1) is 8.63. The Bertz CT molecular complexity index is 443. The quantitative estimate of drug-likeness (QED) is 0.774. The molecule has 2 N–H and O–H groups in total. The number of rotatable bonds is 5. The third kappa shape index (κ3) is 5.32. The van der Waals surface area contributed by atoms with Crippen molar-refractivity contribution in [1.82, 2.24) is 10.2 Å². The zero-order valence-corrected chi connectivity index (χ0v) is 11.5. The van der Waals surface area contributed by atoms with Gasteiger partial charge in [-0.25, -0.2) is 0 Å². The van der Waals surface area contributed by atoms with Crippen LogP contribution in [0.15, 0.2) is 12.1 Å². The molecule has 0 bridgehead atoms. The van der Waals surface area contributed by atoms with Gasteiger partial charge in [-0.1, -0.05) is 11.8 Å². The summed E-state index contributed by atoms with van der Waals surface area (Å²) in [6.45, 7) is 1.52. The molecule has 18 heavy (non-hydrogen) atoms. The fourth-order valence-electron chi connectivity index (χ4n) is 1.21. The molecule has 1 rings (SSSR count). The minimum atomic E-state index is -0.0583. The van der Waals surface area contributed by atoms with E-state index in [9.17, 15) is 4.79 Å². The lowest BCUT2D eigenvalue weighted by Gasteiger charge is -2.09. The van der Waals surface area contributed by atoms with Crippen LogP contribution in [0.25, 0.3) is 0 Å². The van der Waals surface area contributed by atoms with Crippen molar-refractivity contribution >= 4 is 17.2 Å². The van der Waals surface area contributed by atoms with Crippen molar-refractivity contribution in [1.29, 1.82) is 0 Å². The number of amides is 1. The van der Waals surface area contributed by atoms with Crippen molar-refractivity contribution in [3.05, 3.63) is 21.9 Å². The van der Waals surface area contributed by atoms with E-state index in [1.807, 2.05) is 25.1 Å². The lowest BCUT2D eigenvalue weighted by atomic mass is 10.4. The second-order valence-electron chi connectivity index (χ2n) is 4.00. The number of nitrogens with zero attached hydrogens (tertiary/aromatic N) is 1. The van der Waals surface area contributed by atoms with Crippen molar-refractivity contribution in [3.8, 4) is 11.8 Å². The van der Waals surface area contributed by atoms with Crippen LogP contribution in [0.2, 0.25) is 0 Å². The molecule has 1 heterocycles. The Balaban J connectivity index is 2.47. The Morgan fingerprint density at radius 2 is 2.28 bits per heavy atom. The fourth-order valence-corrected chi connectivity index (χ4v) is 2.01. The average molecular weight is 266 g/mol. The van der Waals surface area contributed by atoms with Crippen LogP contribution in [0.4, 0.5) is 0 Å². The molecule has 0 saturated carbocycles. The van der Waals surface area contributed by atoms with Crippen molar-refractivity contribution in [2.45, 2.75) is 6.42 Å². The molecule has 1 aromatic rings. The summed E-state index contributed by atoms with van der Waals surface area (Å²) in [6, 6.07) is 3.61. The minimum Gasteiger partial charge on any atom is -0.395 e. The SMILES string of the molecule is CN(C)CCNC(=O)c1ccc(C#CCCO)s1. The van der Waals surface area contributed by atoms with Gasteiger partial charge in [0.1, 0.15) is 0 Å². The lowest BCUT2D eigenvalue weighted by molar-refractivity contribution is 0.0955. The highest BCUT2D eigenvalue weighted by Crippen LogP contribution is 2.15. The van der Waals surface area contributed by atoms with Crippen LogP contribution in [-0.2, 0) is 0 Å². The maximum absolute atomic E-state index is 11.8. The number of aliphatic hydroxyl groups is 1. The highest BCUT2D eigenvalue weighted by molar-refractivity contribution is 7.14. The van der Waals surface area contributed by atoms with Gasteiger partial charge in [0.15, 0.2) is 0 Å². The normalized spacial score (nSPS) is 10.0. The summed E-state index contributed by atoms with van der Waals surface area (Å²) in [5.41, 5.74) is 0. The molecular formula is C13H18N2O2S. The van der Waals surface area contributed by atoms with Crippen LogP contribution in [0, 0.1) is 11.8 Å². The van der Waals surface area contributed by atoms with Gasteiger partial charge in [-0.05, 0) is 26.2 Å². The van der Waals surface area contributed by atoms with Crippen molar-refractivity contribution in [3.63, 3.8) is 0 Å². The molecule has 0 aliphatic carbocycles. The maximum atomic E-state index is 11.8. The first kappa shape index (κ1) is 14.7. The molecular weight excluding hydrogens is 248 g/mol. The van der Waals surface area contributed by atoms with Gasteiger partial charge in [-0.15, -0.1) is 11.3 Å². The predicted octanol–water partition coefficient (Wildman–Crippen LogP) is 0.773. The van der Waals surface area contributed by atoms with Crippen molar-refractivity contribution in [2.75, 3.05) is 33.8 Å². The molecule has 0 unspecified atom stereocenters. The summed E-state index contributed by atoms with van der Waals surface area (Å²) in [5, 5.41) is 11.5. The van der Waals surface area contributed by atoms with E-state index in [1.54, 1.807) is 6.07 Å². The van der Waals surface area contributed by atoms with E-state index in [1.165, 1.54) is 11.3 Å². The third-order valence-electron chi connectivity index (χ3n) is 2.12. The molecule has 4 nitrogen and oxygen atoms in total. The summed E-state index contributed by atoms with van der Waals surface area (Å²) in [4.78, 5) is 15.3. The Kier molecular flexibility index (Phi) is 6.44. The van der Waals surface area contributed by atoms with Crippen LogP contribution >= 0.6 is 11.3 Å². The van der Waals surface area contributed by atoms with Crippen LogP contribution in [0.3, 0.4) is 0 Å². The summed E-state index contributed by atoms with van der Waals surface area (Å²) in [6.07, 6.45) is 0.461. The first-order valence-corrected chi connectivity index (χ1v) is 6.57. The van der Waals surface area contributed by atoms with E-state index < -0.39 is 0 Å². The number of carbonyl (C=O) groups excluding carboxylic acids is 1. The van der Waals surface area contributed by atoms with E-state index in [2.05, 4.69) is 17.2 Å². The average Bonchev–Trinajstić information content (AvgIpc) is 2.77. The summed E-state index contributed by atoms with van der Waals surface area (Å²) < 4.78 is 0. The topological polar surface area (TPSA) is 52.6 Å². The molecule has 5 heteroatoms. The van der Waals surface area contributed by atoms with E-state index >= 15 is 0 Å². The smallest absolute Gasteiger partial charge is 0.261 e. The van der Waals surface area contributed by atoms with Crippen molar-refractivity contribution in [2.24, 2.45) is 0 Å². The maximum Gasteiger partial charge on any atom is 0.261 e. The lowest BCUT2D eigenvalue weighted by Crippen LogP contribution is -2.30. The molecule has 1 amide bonds. The number of aliphatic hydroxyl groups excluding tert-OH is 1. The molecule has 0 atom stereocenters. The van der Waals surface area contributed by atoms with E-state index in [-0.39, 0.29) is 12.5 Å². The molecule has 0 aliphatic heterocycles. The number of thiophene rings is 1. The van der Waals surface area contributed by atoms with E-state index in [4.69, 9.17) is 5.11 Å². The highest BCUT2D eigenvalue weighted by atomic mass is 32.1. The molecule has 0 aromatic carbocycles. The highest BCUT2D eigenvalue weighted by Gasteiger charge is 2.07. The molecule has 0 saturated heterocycles. The second kappa shape index (κ2) is 7.88. The molecule has 0 aliphatic rings. The van der Waals surface area contributed by atoms with Gasteiger partial charge in [0.05, 0.1) is 16.4 Å². The zero-order valence-electron chi connectivity index (χ0n) is 10.7. The van der Waals surface area contributed by atoms with Gasteiger partial charge in [0, 0.05) is 19.5 Å². The first-order valence-electron chi connectivity index (χ1n) is 5.76. The van der Waals surface area contributed by atoms with E-state index in [0.29, 0.717) is 17.8 Å². The number of hydrogen-bond donors (Lipinski definition) is 2. The van der Waals surface area contributed by atoms with Crippen LogP contribution < -0.4 is 5.32 Å².